The third kappa shape index (κ3) is 3.71. The van der Waals surface area contributed by atoms with Gasteiger partial charge in [-0.25, -0.2) is 0 Å². The Morgan fingerprint density at radius 1 is 1.24 bits per heavy atom. The molecule has 0 fully saturated rings. The van der Waals surface area contributed by atoms with E-state index in [1.807, 2.05) is 26.0 Å². The Morgan fingerprint density at radius 2 is 1.86 bits per heavy atom. The summed E-state index contributed by atoms with van der Waals surface area (Å²) in [5, 5.41) is 9.06. The fourth-order valence-electron chi connectivity index (χ4n) is 1.84. The molecule has 1 amide bonds. The van der Waals surface area contributed by atoms with Crippen molar-refractivity contribution in [3.63, 3.8) is 0 Å². The highest BCUT2D eigenvalue weighted by molar-refractivity contribution is 9.11. The molecule has 0 unspecified atom stereocenters. The average Bonchev–Trinajstić information content (AvgIpc) is 2.76. The maximum absolute atomic E-state index is 12.6. The topological polar surface area (TPSA) is 57.6 Å². The van der Waals surface area contributed by atoms with Crippen molar-refractivity contribution in [2.75, 3.05) is 11.4 Å². The molecule has 2 aromatic rings. The van der Waals surface area contributed by atoms with Crippen molar-refractivity contribution in [2.24, 2.45) is 0 Å². The van der Waals surface area contributed by atoms with Crippen LogP contribution in [0.1, 0.15) is 20.8 Å². The summed E-state index contributed by atoms with van der Waals surface area (Å²) in [6.45, 7) is 3.47. The Hall–Kier alpha value is -1.66. The van der Waals surface area contributed by atoms with Gasteiger partial charge in [0.15, 0.2) is 0 Å². The maximum Gasteiger partial charge on any atom is 0.323 e. The van der Waals surface area contributed by atoms with E-state index in [0.29, 0.717) is 10.6 Å². The van der Waals surface area contributed by atoms with Gasteiger partial charge in [0.25, 0.3) is 5.91 Å². The lowest BCUT2D eigenvalue weighted by atomic mass is 10.2. The summed E-state index contributed by atoms with van der Waals surface area (Å²) in [5.41, 5.74) is 2.59. The molecule has 0 bridgehead atoms. The Kier molecular flexibility index (Phi) is 4.80. The molecule has 1 aromatic heterocycles. The second-order valence-electron chi connectivity index (χ2n) is 4.69. The SMILES string of the molecule is Cc1ccc(N(CC(=O)O)C(=O)c2cc(C)c(Br)s2)cc1. The number of halogens is 1. The summed E-state index contributed by atoms with van der Waals surface area (Å²) in [4.78, 5) is 25.4. The Balaban J connectivity index is 2.37. The second-order valence-corrected chi connectivity index (χ2v) is 7.06. The van der Waals surface area contributed by atoms with Gasteiger partial charge in [-0.05, 0) is 53.5 Å². The number of nitrogens with zero attached hydrogens (tertiary/aromatic N) is 1. The van der Waals surface area contributed by atoms with Crippen molar-refractivity contribution >= 4 is 44.8 Å². The number of aliphatic carboxylic acids is 1. The zero-order valence-corrected chi connectivity index (χ0v) is 14.0. The number of benzene rings is 1. The highest BCUT2D eigenvalue weighted by Crippen LogP contribution is 2.29. The van der Waals surface area contributed by atoms with E-state index in [1.165, 1.54) is 16.2 Å². The van der Waals surface area contributed by atoms with E-state index in [0.717, 1.165) is 14.9 Å². The van der Waals surface area contributed by atoms with E-state index >= 15 is 0 Å². The summed E-state index contributed by atoms with van der Waals surface area (Å²) in [6, 6.07) is 8.98. The van der Waals surface area contributed by atoms with E-state index in [4.69, 9.17) is 5.11 Å². The van der Waals surface area contributed by atoms with Gasteiger partial charge in [0.05, 0.1) is 8.66 Å². The lowest BCUT2D eigenvalue weighted by Crippen LogP contribution is -2.35. The Bertz CT molecular complexity index is 659. The van der Waals surface area contributed by atoms with Gasteiger partial charge in [0.1, 0.15) is 6.54 Å². The highest BCUT2D eigenvalue weighted by Gasteiger charge is 2.22. The molecule has 0 atom stereocenters. The summed E-state index contributed by atoms with van der Waals surface area (Å²) < 4.78 is 0.880. The lowest BCUT2D eigenvalue weighted by molar-refractivity contribution is -0.135. The van der Waals surface area contributed by atoms with Gasteiger partial charge in [-0.1, -0.05) is 17.7 Å². The molecular weight excluding hydrogens is 354 g/mol. The van der Waals surface area contributed by atoms with Crippen molar-refractivity contribution < 1.29 is 14.7 Å². The first-order valence-electron chi connectivity index (χ1n) is 6.24. The third-order valence-corrected chi connectivity index (χ3v) is 5.08. The van der Waals surface area contributed by atoms with Crippen molar-refractivity contribution in [1.82, 2.24) is 0 Å². The minimum atomic E-state index is -1.05. The van der Waals surface area contributed by atoms with E-state index < -0.39 is 5.97 Å². The van der Waals surface area contributed by atoms with Crippen LogP contribution in [0.25, 0.3) is 0 Å². The molecule has 0 aliphatic rings. The standard InChI is InChI=1S/C15H14BrNO3S/c1-9-3-5-11(6-4-9)17(8-13(18)19)15(20)12-7-10(2)14(16)21-12/h3-7H,8H2,1-2H3,(H,18,19). The first-order valence-corrected chi connectivity index (χ1v) is 7.85. The quantitative estimate of drug-likeness (QED) is 0.892. The molecule has 1 heterocycles. The van der Waals surface area contributed by atoms with Crippen molar-refractivity contribution in [3.05, 3.63) is 50.1 Å². The molecule has 0 aliphatic heterocycles. The summed E-state index contributed by atoms with van der Waals surface area (Å²) >= 11 is 4.69. The molecule has 0 saturated carbocycles. The second kappa shape index (κ2) is 6.41. The number of anilines is 1. The van der Waals surface area contributed by atoms with Gasteiger partial charge in [0, 0.05) is 5.69 Å². The monoisotopic (exact) mass is 367 g/mol. The molecule has 1 aromatic carbocycles. The van der Waals surface area contributed by atoms with Gasteiger partial charge < -0.3 is 5.11 Å². The van der Waals surface area contributed by atoms with E-state index in [1.54, 1.807) is 18.2 Å². The lowest BCUT2D eigenvalue weighted by Gasteiger charge is -2.20. The van der Waals surface area contributed by atoms with Crippen LogP contribution >= 0.6 is 27.3 Å². The maximum atomic E-state index is 12.6. The van der Waals surface area contributed by atoms with Crippen LogP contribution < -0.4 is 4.90 Å². The number of carboxylic acids is 1. The van der Waals surface area contributed by atoms with Gasteiger partial charge in [-0.3, -0.25) is 14.5 Å². The first kappa shape index (κ1) is 15.7. The zero-order chi connectivity index (χ0) is 15.6. The number of hydrogen-bond acceptors (Lipinski definition) is 3. The third-order valence-electron chi connectivity index (χ3n) is 2.95. The van der Waals surface area contributed by atoms with Gasteiger partial charge in [-0.15, -0.1) is 11.3 Å². The van der Waals surface area contributed by atoms with E-state index in [-0.39, 0.29) is 12.5 Å². The van der Waals surface area contributed by atoms with Crippen LogP contribution in [0.2, 0.25) is 0 Å². The number of thiophene rings is 1. The number of aryl methyl sites for hydroxylation is 2. The van der Waals surface area contributed by atoms with Gasteiger partial charge in [0.2, 0.25) is 0 Å². The smallest absolute Gasteiger partial charge is 0.323 e. The number of carbonyl (C=O) groups excluding carboxylic acids is 1. The number of carboxylic acid groups (broad SMARTS) is 1. The summed E-state index contributed by atoms with van der Waals surface area (Å²) in [5.74, 6) is -1.35. The van der Waals surface area contributed by atoms with Gasteiger partial charge >= 0.3 is 5.97 Å². The van der Waals surface area contributed by atoms with E-state index in [2.05, 4.69) is 15.9 Å². The molecular formula is C15H14BrNO3S. The highest BCUT2D eigenvalue weighted by atomic mass is 79.9. The number of hydrogen-bond donors (Lipinski definition) is 1. The molecule has 4 nitrogen and oxygen atoms in total. The summed E-state index contributed by atoms with van der Waals surface area (Å²) in [6.07, 6.45) is 0. The average molecular weight is 368 g/mol. The van der Waals surface area contributed by atoms with Crippen LogP contribution in [0.4, 0.5) is 5.69 Å². The van der Waals surface area contributed by atoms with Crippen LogP contribution in [-0.4, -0.2) is 23.5 Å². The van der Waals surface area contributed by atoms with Crippen molar-refractivity contribution in [3.8, 4) is 0 Å². The fraction of sp³-hybridized carbons (Fsp3) is 0.200. The molecule has 110 valence electrons. The molecule has 2 rings (SSSR count). The van der Waals surface area contributed by atoms with Gasteiger partial charge in [-0.2, -0.15) is 0 Å². The molecule has 1 N–H and O–H groups in total. The first-order chi connectivity index (χ1) is 9.88. The van der Waals surface area contributed by atoms with Crippen molar-refractivity contribution in [2.45, 2.75) is 13.8 Å². The summed E-state index contributed by atoms with van der Waals surface area (Å²) in [7, 11) is 0. The minimum Gasteiger partial charge on any atom is -0.480 e. The largest absolute Gasteiger partial charge is 0.480 e. The fourth-order valence-corrected chi connectivity index (χ4v) is 3.32. The Morgan fingerprint density at radius 3 is 2.33 bits per heavy atom. The van der Waals surface area contributed by atoms with Crippen molar-refractivity contribution in [1.29, 1.82) is 0 Å². The number of carbonyl (C=O) groups is 2. The van der Waals surface area contributed by atoms with Crippen LogP contribution in [0.15, 0.2) is 34.1 Å². The van der Waals surface area contributed by atoms with Crippen LogP contribution in [0, 0.1) is 13.8 Å². The molecule has 21 heavy (non-hydrogen) atoms. The minimum absolute atomic E-state index is 0.306. The molecule has 6 heteroatoms. The predicted octanol–water partition coefficient (Wildman–Crippen LogP) is 3.86. The van der Waals surface area contributed by atoms with Crippen LogP contribution in [-0.2, 0) is 4.79 Å². The zero-order valence-electron chi connectivity index (χ0n) is 11.6. The van der Waals surface area contributed by atoms with Crippen LogP contribution in [0.5, 0.6) is 0 Å². The molecule has 0 saturated heterocycles. The van der Waals surface area contributed by atoms with E-state index in [9.17, 15) is 9.59 Å². The van der Waals surface area contributed by atoms with Crippen LogP contribution in [0.3, 0.4) is 0 Å². The molecule has 0 aliphatic carbocycles. The molecule has 0 spiro atoms. The number of amides is 1. The Labute approximate surface area is 135 Å². The number of rotatable bonds is 4. The predicted molar refractivity (Wildman–Crippen MR) is 87.2 cm³/mol. The molecule has 0 radical (unpaired) electrons. The normalized spacial score (nSPS) is 10.4.